The van der Waals surface area contributed by atoms with Crippen LogP contribution in [0.15, 0.2) is 42.5 Å². The summed E-state index contributed by atoms with van der Waals surface area (Å²) in [5, 5.41) is 3.37. The van der Waals surface area contributed by atoms with Gasteiger partial charge in [-0.2, -0.15) is 0 Å². The molecule has 1 fully saturated rings. The molecule has 0 spiro atoms. The third-order valence-corrected chi connectivity index (χ3v) is 4.12. The summed E-state index contributed by atoms with van der Waals surface area (Å²) < 4.78 is 20.6. The number of nitrogens with one attached hydrogen (secondary N) is 1. The van der Waals surface area contributed by atoms with Gasteiger partial charge in [0, 0.05) is 12.6 Å². The fraction of sp³-hybridized carbons (Fsp3) is 0.250. The van der Waals surface area contributed by atoms with E-state index in [1.165, 1.54) is 12.8 Å². The van der Waals surface area contributed by atoms with Crippen molar-refractivity contribution < 1.29 is 9.13 Å². The Bertz CT molecular complexity index is 613. The zero-order chi connectivity index (χ0) is 13.9. The van der Waals surface area contributed by atoms with Crippen LogP contribution in [0.1, 0.15) is 18.4 Å². The summed E-state index contributed by atoms with van der Waals surface area (Å²) in [6, 6.07) is 13.3. The Labute approximate surface area is 131 Å². The molecule has 3 rings (SSSR count). The summed E-state index contributed by atoms with van der Waals surface area (Å²) in [7, 11) is 0. The highest BCUT2D eigenvalue weighted by Crippen LogP contribution is 2.29. The van der Waals surface area contributed by atoms with Crippen LogP contribution in [0.5, 0.6) is 11.5 Å². The van der Waals surface area contributed by atoms with E-state index in [4.69, 9.17) is 4.74 Å². The minimum absolute atomic E-state index is 0.268. The molecule has 20 heavy (non-hydrogen) atoms. The van der Waals surface area contributed by atoms with Gasteiger partial charge in [0.1, 0.15) is 5.75 Å². The van der Waals surface area contributed by atoms with Gasteiger partial charge in [-0.1, -0.05) is 18.2 Å². The monoisotopic (exact) mass is 383 g/mol. The second kappa shape index (κ2) is 6.10. The second-order valence-electron chi connectivity index (χ2n) is 4.95. The van der Waals surface area contributed by atoms with E-state index in [2.05, 4.69) is 27.9 Å². The Morgan fingerprint density at radius 1 is 1.15 bits per heavy atom. The van der Waals surface area contributed by atoms with Crippen LogP contribution < -0.4 is 10.1 Å². The molecule has 4 heteroatoms. The quantitative estimate of drug-likeness (QED) is 0.770. The van der Waals surface area contributed by atoms with Crippen LogP contribution in [0.4, 0.5) is 4.39 Å². The van der Waals surface area contributed by atoms with Gasteiger partial charge < -0.3 is 10.1 Å². The molecule has 1 saturated carbocycles. The minimum atomic E-state index is -0.320. The third kappa shape index (κ3) is 3.49. The Morgan fingerprint density at radius 3 is 2.65 bits per heavy atom. The molecule has 0 aliphatic heterocycles. The molecule has 0 heterocycles. The van der Waals surface area contributed by atoms with Gasteiger partial charge in [0.2, 0.25) is 0 Å². The van der Waals surface area contributed by atoms with Gasteiger partial charge in [-0.15, -0.1) is 0 Å². The third-order valence-electron chi connectivity index (χ3n) is 3.23. The Kier molecular flexibility index (Phi) is 4.21. The summed E-state index contributed by atoms with van der Waals surface area (Å²) in [4.78, 5) is 0. The molecule has 0 saturated heterocycles. The van der Waals surface area contributed by atoms with Crippen molar-refractivity contribution in [3.8, 4) is 11.5 Å². The predicted molar refractivity (Wildman–Crippen MR) is 85.5 cm³/mol. The van der Waals surface area contributed by atoms with Crippen LogP contribution in [-0.2, 0) is 6.54 Å². The maximum Gasteiger partial charge on any atom is 0.166 e. The van der Waals surface area contributed by atoms with E-state index in [1.54, 1.807) is 12.1 Å². The van der Waals surface area contributed by atoms with Crippen LogP contribution in [-0.4, -0.2) is 6.04 Å². The zero-order valence-corrected chi connectivity index (χ0v) is 13.1. The van der Waals surface area contributed by atoms with Crippen molar-refractivity contribution in [3.63, 3.8) is 0 Å². The molecule has 0 aromatic heterocycles. The SMILES string of the molecule is Fc1cc(CNC2CC2)ccc1Oc1ccccc1I. The molecule has 2 aromatic rings. The molecule has 0 unspecified atom stereocenters. The van der Waals surface area contributed by atoms with E-state index in [0.29, 0.717) is 18.3 Å². The molecule has 2 nitrogen and oxygen atoms in total. The first kappa shape index (κ1) is 13.8. The van der Waals surface area contributed by atoms with E-state index < -0.39 is 0 Å². The van der Waals surface area contributed by atoms with Crippen molar-refractivity contribution in [2.45, 2.75) is 25.4 Å². The molecule has 104 valence electrons. The standard InChI is InChI=1S/C16H15FINO/c17-13-9-11(10-19-12-6-7-12)5-8-15(13)20-16-4-2-1-3-14(16)18/h1-5,8-9,12,19H,6-7,10H2. The number of hydrogen-bond donors (Lipinski definition) is 1. The van der Waals surface area contributed by atoms with Gasteiger partial charge in [0.15, 0.2) is 11.6 Å². The molecular weight excluding hydrogens is 368 g/mol. The molecule has 2 aromatic carbocycles. The van der Waals surface area contributed by atoms with Crippen LogP contribution in [0.3, 0.4) is 0 Å². The molecule has 0 bridgehead atoms. The van der Waals surface area contributed by atoms with Crippen LogP contribution in [0.25, 0.3) is 0 Å². The van der Waals surface area contributed by atoms with Crippen molar-refractivity contribution >= 4 is 22.6 Å². The number of rotatable bonds is 5. The lowest BCUT2D eigenvalue weighted by Gasteiger charge is -2.10. The lowest BCUT2D eigenvalue weighted by Crippen LogP contribution is -2.15. The largest absolute Gasteiger partial charge is 0.453 e. The van der Waals surface area contributed by atoms with Gasteiger partial charge in [0.25, 0.3) is 0 Å². The van der Waals surface area contributed by atoms with E-state index >= 15 is 0 Å². The van der Waals surface area contributed by atoms with Crippen molar-refractivity contribution in [1.29, 1.82) is 0 Å². The van der Waals surface area contributed by atoms with E-state index in [0.717, 1.165) is 9.13 Å². The van der Waals surface area contributed by atoms with Crippen molar-refractivity contribution in [1.82, 2.24) is 5.32 Å². The smallest absolute Gasteiger partial charge is 0.166 e. The number of halogens is 2. The first-order valence-electron chi connectivity index (χ1n) is 6.66. The first-order chi connectivity index (χ1) is 9.72. The molecule has 1 N–H and O–H groups in total. The Morgan fingerprint density at radius 2 is 1.95 bits per heavy atom. The maximum absolute atomic E-state index is 14.1. The van der Waals surface area contributed by atoms with Crippen molar-refractivity contribution in [2.24, 2.45) is 0 Å². The van der Waals surface area contributed by atoms with E-state index in [9.17, 15) is 4.39 Å². The van der Waals surface area contributed by atoms with Gasteiger partial charge in [-0.05, 0) is 65.3 Å². The lowest BCUT2D eigenvalue weighted by molar-refractivity contribution is 0.439. The molecule has 1 aliphatic rings. The highest BCUT2D eigenvalue weighted by atomic mass is 127. The van der Waals surface area contributed by atoms with Crippen LogP contribution >= 0.6 is 22.6 Å². The number of benzene rings is 2. The van der Waals surface area contributed by atoms with Gasteiger partial charge in [0.05, 0.1) is 3.57 Å². The van der Waals surface area contributed by atoms with Crippen LogP contribution in [0.2, 0.25) is 0 Å². The first-order valence-corrected chi connectivity index (χ1v) is 7.74. The number of para-hydroxylation sites is 1. The van der Waals surface area contributed by atoms with Gasteiger partial charge in [-0.25, -0.2) is 4.39 Å². The lowest BCUT2D eigenvalue weighted by atomic mass is 10.2. The zero-order valence-electron chi connectivity index (χ0n) is 10.9. The normalized spacial score (nSPS) is 14.3. The topological polar surface area (TPSA) is 21.3 Å². The predicted octanol–water partition coefficient (Wildman–Crippen LogP) is 4.47. The van der Waals surface area contributed by atoms with E-state index in [1.807, 2.05) is 30.3 Å². The minimum Gasteiger partial charge on any atom is -0.453 e. The maximum atomic E-state index is 14.1. The van der Waals surface area contributed by atoms with E-state index in [-0.39, 0.29) is 11.6 Å². The Hall–Kier alpha value is -1.14. The summed E-state index contributed by atoms with van der Waals surface area (Å²) in [6.45, 7) is 0.713. The second-order valence-corrected chi connectivity index (χ2v) is 6.11. The van der Waals surface area contributed by atoms with Crippen molar-refractivity contribution in [2.75, 3.05) is 0 Å². The summed E-state index contributed by atoms with van der Waals surface area (Å²) in [5.74, 6) is 0.625. The van der Waals surface area contributed by atoms with Gasteiger partial charge in [-0.3, -0.25) is 0 Å². The molecule has 1 aliphatic carbocycles. The molecule has 0 atom stereocenters. The number of hydrogen-bond acceptors (Lipinski definition) is 2. The van der Waals surface area contributed by atoms with Crippen molar-refractivity contribution in [3.05, 3.63) is 57.4 Å². The highest BCUT2D eigenvalue weighted by molar-refractivity contribution is 14.1. The Balaban J connectivity index is 1.71. The summed E-state index contributed by atoms with van der Waals surface area (Å²) in [5.41, 5.74) is 0.949. The molecule has 0 amide bonds. The molecule has 0 radical (unpaired) electrons. The molecular formula is C16H15FINO. The fourth-order valence-corrected chi connectivity index (χ4v) is 2.43. The number of ether oxygens (including phenoxy) is 1. The summed E-state index contributed by atoms with van der Waals surface area (Å²) >= 11 is 2.18. The highest BCUT2D eigenvalue weighted by Gasteiger charge is 2.20. The van der Waals surface area contributed by atoms with Crippen LogP contribution in [0, 0.1) is 9.39 Å². The summed E-state index contributed by atoms with van der Waals surface area (Å²) in [6.07, 6.45) is 2.46. The fourth-order valence-electron chi connectivity index (χ4n) is 1.93. The van der Waals surface area contributed by atoms with Gasteiger partial charge >= 0.3 is 0 Å². The average molecular weight is 383 g/mol. The average Bonchev–Trinajstić information content (AvgIpc) is 3.26.